The SMILES string of the molecule is COC1(C2CCCCC2)N=CC=CC1=CNO. The number of hydroxylamine groups is 1. The molecule has 2 aliphatic rings. The zero-order chi connectivity index (χ0) is 12.1. The Labute approximate surface area is 102 Å². The molecule has 1 atom stereocenters. The van der Waals surface area contributed by atoms with Gasteiger partial charge in [-0.2, -0.15) is 0 Å². The van der Waals surface area contributed by atoms with Gasteiger partial charge in [0.1, 0.15) is 0 Å². The highest BCUT2D eigenvalue weighted by atomic mass is 16.5. The van der Waals surface area contributed by atoms with Crippen molar-refractivity contribution >= 4 is 6.21 Å². The molecule has 4 heteroatoms. The second kappa shape index (κ2) is 5.47. The van der Waals surface area contributed by atoms with E-state index in [9.17, 15) is 0 Å². The summed E-state index contributed by atoms with van der Waals surface area (Å²) in [5.74, 6) is 0.391. The molecule has 1 aliphatic carbocycles. The molecule has 1 fully saturated rings. The number of methoxy groups -OCH3 is 1. The number of aliphatic imine (C=N–C) groups is 1. The van der Waals surface area contributed by atoms with E-state index in [2.05, 4.69) is 10.5 Å². The first-order valence-electron chi connectivity index (χ1n) is 6.21. The molecule has 1 heterocycles. The van der Waals surface area contributed by atoms with Crippen molar-refractivity contribution in [3.63, 3.8) is 0 Å². The Morgan fingerprint density at radius 1 is 1.47 bits per heavy atom. The van der Waals surface area contributed by atoms with Crippen molar-refractivity contribution in [3.05, 3.63) is 23.9 Å². The Bertz CT molecular complexity index is 343. The zero-order valence-electron chi connectivity index (χ0n) is 10.2. The fourth-order valence-electron chi connectivity index (χ4n) is 2.89. The molecule has 94 valence electrons. The van der Waals surface area contributed by atoms with E-state index in [0.717, 1.165) is 18.4 Å². The van der Waals surface area contributed by atoms with E-state index in [1.54, 1.807) is 19.5 Å². The van der Waals surface area contributed by atoms with Gasteiger partial charge >= 0.3 is 0 Å². The molecule has 0 bridgehead atoms. The number of allylic oxidation sites excluding steroid dienone is 1. The fraction of sp³-hybridized carbons (Fsp3) is 0.615. The van der Waals surface area contributed by atoms with Crippen molar-refractivity contribution in [2.75, 3.05) is 7.11 Å². The quantitative estimate of drug-likeness (QED) is 0.740. The highest BCUT2D eigenvalue weighted by Gasteiger charge is 2.42. The van der Waals surface area contributed by atoms with Crippen molar-refractivity contribution in [1.82, 2.24) is 5.48 Å². The van der Waals surface area contributed by atoms with Crippen molar-refractivity contribution in [3.8, 4) is 0 Å². The molecular weight excluding hydrogens is 216 g/mol. The van der Waals surface area contributed by atoms with Crippen LogP contribution in [0, 0.1) is 5.92 Å². The zero-order valence-corrected chi connectivity index (χ0v) is 10.2. The molecule has 1 aliphatic heterocycles. The summed E-state index contributed by atoms with van der Waals surface area (Å²) in [5, 5.41) is 8.88. The van der Waals surface area contributed by atoms with Crippen LogP contribution in [0.15, 0.2) is 28.9 Å². The lowest BCUT2D eigenvalue weighted by atomic mass is 9.77. The summed E-state index contributed by atoms with van der Waals surface area (Å²) in [7, 11) is 1.69. The van der Waals surface area contributed by atoms with E-state index in [1.807, 2.05) is 12.2 Å². The summed E-state index contributed by atoms with van der Waals surface area (Å²) in [4.78, 5) is 4.55. The number of hydrogen-bond acceptors (Lipinski definition) is 4. The van der Waals surface area contributed by atoms with Crippen molar-refractivity contribution in [2.45, 2.75) is 37.8 Å². The predicted molar refractivity (Wildman–Crippen MR) is 67.0 cm³/mol. The van der Waals surface area contributed by atoms with Gasteiger partial charge in [-0.05, 0) is 18.9 Å². The minimum Gasteiger partial charge on any atom is -0.353 e. The maximum Gasteiger partial charge on any atom is 0.188 e. The average molecular weight is 236 g/mol. The van der Waals surface area contributed by atoms with Crippen LogP contribution in [0.2, 0.25) is 0 Å². The minimum atomic E-state index is -0.620. The number of rotatable bonds is 3. The Balaban J connectivity index is 2.29. The van der Waals surface area contributed by atoms with E-state index in [1.165, 1.54) is 19.3 Å². The summed E-state index contributed by atoms with van der Waals surface area (Å²) in [6, 6.07) is 0. The predicted octanol–water partition coefficient (Wildman–Crippen LogP) is 2.41. The first-order chi connectivity index (χ1) is 8.33. The second-order valence-corrected chi connectivity index (χ2v) is 4.60. The summed E-state index contributed by atoms with van der Waals surface area (Å²) in [5.41, 5.74) is 2.36. The first kappa shape index (κ1) is 12.3. The lowest BCUT2D eigenvalue weighted by Gasteiger charge is -2.40. The average Bonchev–Trinajstić information content (AvgIpc) is 2.41. The molecule has 2 N–H and O–H groups in total. The lowest BCUT2D eigenvalue weighted by molar-refractivity contribution is -0.0314. The van der Waals surface area contributed by atoms with Gasteiger partial charge < -0.3 is 4.74 Å². The van der Waals surface area contributed by atoms with Crippen LogP contribution in [-0.2, 0) is 4.74 Å². The minimum absolute atomic E-state index is 0.391. The third-order valence-electron chi connectivity index (χ3n) is 3.73. The van der Waals surface area contributed by atoms with Crippen LogP contribution in [0.5, 0.6) is 0 Å². The van der Waals surface area contributed by atoms with Crippen LogP contribution >= 0.6 is 0 Å². The second-order valence-electron chi connectivity index (χ2n) is 4.60. The Hall–Kier alpha value is -1.13. The molecule has 0 radical (unpaired) electrons. The third-order valence-corrected chi connectivity index (χ3v) is 3.73. The molecule has 17 heavy (non-hydrogen) atoms. The molecule has 0 saturated heterocycles. The van der Waals surface area contributed by atoms with Gasteiger partial charge in [-0.3, -0.25) is 15.7 Å². The summed E-state index contributed by atoms with van der Waals surface area (Å²) in [6.07, 6.45) is 13.2. The van der Waals surface area contributed by atoms with Crippen LogP contribution in [0.4, 0.5) is 0 Å². The molecule has 0 spiro atoms. The first-order valence-corrected chi connectivity index (χ1v) is 6.21. The maximum atomic E-state index is 8.88. The normalized spacial score (nSPS) is 32.0. The fourth-order valence-corrected chi connectivity index (χ4v) is 2.89. The van der Waals surface area contributed by atoms with E-state index in [0.29, 0.717) is 5.92 Å². The van der Waals surface area contributed by atoms with E-state index < -0.39 is 5.72 Å². The number of hydrogen-bond donors (Lipinski definition) is 2. The van der Waals surface area contributed by atoms with E-state index >= 15 is 0 Å². The summed E-state index contributed by atoms with van der Waals surface area (Å²) >= 11 is 0. The summed E-state index contributed by atoms with van der Waals surface area (Å²) < 4.78 is 5.71. The molecule has 4 nitrogen and oxygen atoms in total. The summed E-state index contributed by atoms with van der Waals surface area (Å²) in [6.45, 7) is 0. The smallest absolute Gasteiger partial charge is 0.188 e. The van der Waals surface area contributed by atoms with Crippen molar-refractivity contribution < 1.29 is 9.94 Å². The van der Waals surface area contributed by atoms with Crippen LogP contribution in [0.3, 0.4) is 0 Å². The molecule has 1 saturated carbocycles. The molecule has 0 aromatic carbocycles. The van der Waals surface area contributed by atoms with Gasteiger partial charge in [0.2, 0.25) is 0 Å². The van der Waals surface area contributed by atoms with E-state index in [4.69, 9.17) is 9.94 Å². The lowest BCUT2D eigenvalue weighted by Crippen LogP contribution is -2.42. The Morgan fingerprint density at radius 2 is 2.24 bits per heavy atom. The molecule has 0 aromatic rings. The number of dihydropyridines is 1. The van der Waals surface area contributed by atoms with Crippen LogP contribution in [0.1, 0.15) is 32.1 Å². The molecule has 0 amide bonds. The van der Waals surface area contributed by atoms with Crippen molar-refractivity contribution in [1.29, 1.82) is 0 Å². The Morgan fingerprint density at radius 3 is 2.88 bits per heavy atom. The molecule has 2 rings (SSSR count). The third kappa shape index (κ3) is 2.28. The monoisotopic (exact) mass is 236 g/mol. The van der Waals surface area contributed by atoms with Gasteiger partial charge in [0, 0.05) is 31.0 Å². The number of ether oxygens (including phenoxy) is 1. The van der Waals surface area contributed by atoms with E-state index in [-0.39, 0.29) is 0 Å². The van der Waals surface area contributed by atoms with Crippen LogP contribution < -0.4 is 5.48 Å². The van der Waals surface area contributed by atoms with Crippen LogP contribution in [-0.4, -0.2) is 24.3 Å². The maximum absolute atomic E-state index is 8.88. The molecule has 0 aromatic heterocycles. The molecular formula is C13H20N2O2. The highest BCUT2D eigenvalue weighted by molar-refractivity contribution is 5.75. The number of nitrogens with zero attached hydrogens (tertiary/aromatic N) is 1. The van der Waals surface area contributed by atoms with Gasteiger partial charge in [0.25, 0.3) is 0 Å². The van der Waals surface area contributed by atoms with Crippen LogP contribution in [0.25, 0.3) is 0 Å². The van der Waals surface area contributed by atoms with Crippen molar-refractivity contribution in [2.24, 2.45) is 10.9 Å². The van der Waals surface area contributed by atoms with Gasteiger partial charge in [-0.15, -0.1) is 0 Å². The highest BCUT2D eigenvalue weighted by Crippen LogP contribution is 2.41. The Kier molecular flexibility index (Phi) is 3.97. The molecule has 1 unspecified atom stereocenters. The van der Waals surface area contributed by atoms with Gasteiger partial charge in [0.05, 0.1) is 0 Å². The topological polar surface area (TPSA) is 53.8 Å². The number of nitrogens with one attached hydrogen (secondary N) is 1. The van der Waals surface area contributed by atoms with Gasteiger partial charge in [0.15, 0.2) is 5.72 Å². The largest absolute Gasteiger partial charge is 0.353 e. The van der Waals surface area contributed by atoms with Gasteiger partial charge in [-0.25, -0.2) is 0 Å². The van der Waals surface area contributed by atoms with Gasteiger partial charge in [-0.1, -0.05) is 25.3 Å². The standard InChI is InChI=1S/C13H20N2O2/c1-17-13(11-6-3-2-4-7-11)12(10-15-16)8-5-9-14-13/h5,8-11,15-16H,2-4,6-7H2,1H3.